The minimum absolute atomic E-state index is 0.0182. The van der Waals surface area contributed by atoms with Gasteiger partial charge < -0.3 is 10.2 Å². The zero-order valence-corrected chi connectivity index (χ0v) is 8.08. The number of hydrogen-bond donors (Lipinski definition) is 2. The fourth-order valence-electron chi connectivity index (χ4n) is 3.12. The van der Waals surface area contributed by atoms with Gasteiger partial charge in [0.15, 0.2) is 0 Å². The topological polar surface area (TPSA) is 57.5 Å². The molecule has 2 saturated carbocycles. The van der Waals surface area contributed by atoms with Crippen LogP contribution in [0.15, 0.2) is 0 Å². The first-order valence-electron chi connectivity index (χ1n) is 4.81. The Bertz CT molecular complexity index is 259. The molecule has 3 heteroatoms. The average Bonchev–Trinajstić information content (AvgIpc) is 2.75. The standard InChI is InChI=1S/C10H16O3/c1-6-3-8(12)7-4-10(6,7)9(2,13)5-11/h6-7,11,13H,3-5H2,1-2H3/t6-,7-,9+,10-/m0/s1. The minimum atomic E-state index is -1.08. The zero-order chi connectivity index (χ0) is 9.85. The Morgan fingerprint density at radius 1 is 1.69 bits per heavy atom. The Kier molecular flexibility index (Phi) is 1.65. The normalized spacial score (nSPS) is 47.2. The number of fused-ring (bicyclic) bond motifs is 1. The van der Waals surface area contributed by atoms with E-state index in [1.807, 2.05) is 6.92 Å². The molecule has 0 aromatic heterocycles. The molecule has 2 aliphatic rings. The SMILES string of the molecule is C[C@H]1CC(=O)[C@@H]2C[C@]12[C@](C)(O)CO. The molecule has 4 atom stereocenters. The van der Waals surface area contributed by atoms with Crippen LogP contribution in [0.2, 0.25) is 0 Å². The fourth-order valence-corrected chi connectivity index (χ4v) is 3.12. The van der Waals surface area contributed by atoms with Gasteiger partial charge in [0.1, 0.15) is 5.78 Å². The van der Waals surface area contributed by atoms with E-state index in [-0.39, 0.29) is 29.6 Å². The van der Waals surface area contributed by atoms with Gasteiger partial charge in [0.2, 0.25) is 0 Å². The first-order chi connectivity index (χ1) is 5.95. The fraction of sp³-hybridized carbons (Fsp3) is 0.900. The van der Waals surface area contributed by atoms with Crippen LogP contribution in [0.5, 0.6) is 0 Å². The summed E-state index contributed by atoms with van der Waals surface area (Å²) < 4.78 is 0. The molecule has 74 valence electrons. The zero-order valence-electron chi connectivity index (χ0n) is 8.08. The third kappa shape index (κ3) is 0.891. The van der Waals surface area contributed by atoms with Gasteiger partial charge >= 0.3 is 0 Å². The molecule has 0 amide bonds. The van der Waals surface area contributed by atoms with Crippen LogP contribution >= 0.6 is 0 Å². The predicted octanol–water partition coefficient (Wildman–Crippen LogP) is 0.345. The maximum Gasteiger partial charge on any atom is 0.136 e. The van der Waals surface area contributed by atoms with Gasteiger partial charge in [0.05, 0.1) is 12.2 Å². The predicted molar refractivity (Wildman–Crippen MR) is 47.0 cm³/mol. The van der Waals surface area contributed by atoms with Gasteiger partial charge in [-0.05, 0) is 19.3 Å². The molecule has 0 aliphatic heterocycles. The second-order valence-electron chi connectivity index (χ2n) is 4.80. The van der Waals surface area contributed by atoms with Gasteiger partial charge in [0, 0.05) is 17.8 Å². The van der Waals surface area contributed by atoms with Crippen molar-refractivity contribution in [2.24, 2.45) is 17.3 Å². The number of aliphatic hydroxyl groups is 2. The van der Waals surface area contributed by atoms with Crippen molar-refractivity contribution in [3.05, 3.63) is 0 Å². The maximum absolute atomic E-state index is 11.4. The Balaban J connectivity index is 2.30. The van der Waals surface area contributed by atoms with E-state index in [0.29, 0.717) is 6.42 Å². The summed E-state index contributed by atoms with van der Waals surface area (Å²) in [4.78, 5) is 11.4. The summed E-state index contributed by atoms with van der Waals surface area (Å²) in [7, 11) is 0. The van der Waals surface area contributed by atoms with Gasteiger partial charge in [-0.15, -0.1) is 0 Å². The Morgan fingerprint density at radius 3 is 2.62 bits per heavy atom. The largest absolute Gasteiger partial charge is 0.393 e. The lowest BCUT2D eigenvalue weighted by Gasteiger charge is -2.33. The molecular formula is C10H16O3. The van der Waals surface area contributed by atoms with Crippen molar-refractivity contribution in [1.29, 1.82) is 0 Å². The third-order valence-corrected chi connectivity index (χ3v) is 4.09. The number of hydrogen-bond acceptors (Lipinski definition) is 3. The Labute approximate surface area is 77.8 Å². The van der Waals surface area contributed by atoms with Crippen LogP contribution in [0, 0.1) is 17.3 Å². The summed E-state index contributed by atoms with van der Waals surface area (Å²) in [6.07, 6.45) is 1.33. The van der Waals surface area contributed by atoms with Gasteiger partial charge in [-0.2, -0.15) is 0 Å². The van der Waals surface area contributed by atoms with Gasteiger partial charge in [-0.1, -0.05) is 6.92 Å². The van der Waals surface area contributed by atoms with Crippen molar-refractivity contribution in [2.45, 2.75) is 32.3 Å². The lowest BCUT2D eigenvalue weighted by atomic mass is 9.78. The Hall–Kier alpha value is -0.410. The molecule has 0 saturated heterocycles. The van der Waals surface area contributed by atoms with Crippen LogP contribution < -0.4 is 0 Å². The summed E-state index contributed by atoms with van der Waals surface area (Å²) in [5.74, 6) is 0.498. The minimum Gasteiger partial charge on any atom is -0.393 e. The van der Waals surface area contributed by atoms with Crippen LogP contribution in [0.25, 0.3) is 0 Å². The Morgan fingerprint density at radius 2 is 2.31 bits per heavy atom. The van der Waals surface area contributed by atoms with Gasteiger partial charge in [-0.25, -0.2) is 0 Å². The van der Waals surface area contributed by atoms with E-state index in [0.717, 1.165) is 6.42 Å². The van der Waals surface area contributed by atoms with Crippen LogP contribution in [0.4, 0.5) is 0 Å². The molecule has 2 aliphatic carbocycles. The highest BCUT2D eigenvalue weighted by Gasteiger charge is 2.72. The van der Waals surface area contributed by atoms with Crippen LogP contribution in [0.3, 0.4) is 0 Å². The molecule has 0 spiro atoms. The summed E-state index contributed by atoms with van der Waals surface area (Å²) in [6.45, 7) is 3.39. The molecule has 0 bridgehead atoms. The second kappa shape index (κ2) is 2.34. The van der Waals surface area contributed by atoms with Crippen molar-refractivity contribution in [3.8, 4) is 0 Å². The van der Waals surface area contributed by atoms with E-state index in [9.17, 15) is 9.90 Å². The quantitative estimate of drug-likeness (QED) is 0.651. The molecule has 2 rings (SSSR count). The number of Topliss-reactive ketones (excluding diaryl/α,β-unsaturated/α-hetero) is 1. The molecular weight excluding hydrogens is 168 g/mol. The molecule has 0 radical (unpaired) electrons. The lowest BCUT2D eigenvalue weighted by Crippen LogP contribution is -2.43. The van der Waals surface area contributed by atoms with E-state index in [4.69, 9.17) is 5.11 Å². The average molecular weight is 184 g/mol. The van der Waals surface area contributed by atoms with Gasteiger partial charge in [0.25, 0.3) is 0 Å². The van der Waals surface area contributed by atoms with E-state index in [1.165, 1.54) is 0 Å². The summed E-state index contributed by atoms with van der Waals surface area (Å²) in [5.41, 5.74) is -1.39. The number of carbonyl (C=O) groups is 1. The van der Waals surface area contributed by atoms with Crippen molar-refractivity contribution in [2.75, 3.05) is 6.61 Å². The van der Waals surface area contributed by atoms with Crippen molar-refractivity contribution in [1.82, 2.24) is 0 Å². The van der Waals surface area contributed by atoms with E-state index < -0.39 is 5.60 Å². The van der Waals surface area contributed by atoms with Crippen LogP contribution in [0.1, 0.15) is 26.7 Å². The molecule has 0 aromatic carbocycles. The van der Waals surface area contributed by atoms with E-state index in [1.54, 1.807) is 6.92 Å². The second-order valence-corrected chi connectivity index (χ2v) is 4.80. The number of carbonyl (C=O) groups excluding carboxylic acids is 1. The van der Waals surface area contributed by atoms with Crippen molar-refractivity contribution < 1.29 is 15.0 Å². The summed E-state index contributed by atoms with van der Waals surface area (Å²) in [5, 5.41) is 19.1. The molecule has 13 heavy (non-hydrogen) atoms. The summed E-state index contributed by atoms with van der Waals surface area (Å²) in [6, 6.07) is 0. The van der Waals surface area contributed by atoms with Crippen molar-refractivity contribution >= 4 is 5.78 Å². The molecule has 2 fully saturated rings. The lowest BCUT2D eigenvalue weighted by molar-refractivity contribution is -0.119. The monoisotopic (exact) mass is 184 g/mol. The summed E-state index contributed by atoms with van der Waals surface area (Å²) >= 11 is 0. The maximum atomic E-state index is 11.4. The number of ketones is 1. The van der Waals surface area contributed by atoms with E-state index >= 15 is 0 Å². The smallest absolute Gasteiger partial charge is 0.136 e. The highest BCUT2D eigenvalue weighted by atomic mass is 16.3. The molecule has 0 unspecified atom stereocenters. The molecule has 0 aromatic rings. The van der Waals surface area contributed by atoms with Crippen molar-refractivity contribution in [3.63, 3.8) is 0 Å². The highest BCUT2D eigenvalue weighted by molar-refractivity contribution is 5.88. The third-order valence-electron chi connectivity index (χ3n) is 4.09. The van der Waals surface area contributed by atoms with Crippen LogP contribution in [-0.2, 0) is 4.79 Å². The first-order valence-corrected chi connectivity index (χ1v) is 4.81. The molecule has 3 nitrogen and oxygen atoms in total. The molecule has 2 N–H and O–H groups in total. The van der Waals surface area contributed by atoms with E-state index in [2.05, 4.69) is 0 Å². The number of rotatable bonds is 2. The number of aliphatic hydroxyl groups excluding tert-OH is 1. The first kappa shape index (κ1) is 9.16. The van der Waals surface area contributed by atoms with Gasteiger partial charge in [-0.3, -0.25) is 4.79 Å². The van der Waals surface area contributed by atoms with Crippen LogP contribution in [-0.4, -0.2) is 28.2 Å². The highest BCUT2D eigenvalue weighted by Crippen LogP contribution is 2.69. The molecule has 0 heterocycles.